The van der Waals surface area contributed by atoms with Gasteiger partial charge in [0.05, 0.1) is 30.0 Å². The fourth-order valence-electron chi connectivity index (χ4n) is 3.02. The number of alkyl halides is 3. The number of aliphatic hydroxyl groups is 1. The molecule has 2 aromatic rings. The van der Waals surface area contributed by atoms with Crippen LogP contribution in [-0.4, -0.2) is 41.7 Å². The van der Waals surface area contributed by atoms with Crippen molar-refractivity contribution in [2.24, 2.45) is 0 Å². The third-order valence-corrected chi connectivity index (χ3v) is 4.47. The Kier molecular flexibility index (Phi) is 6.06. The third-order valence-electron chi connectivity index (χ3n) is 4.47. The molecule has 1 aliphatic rings. The molecule has 0 bridgehead atoms. The molecule has 0 saturated carbocycles. The van der Waals surface area contributed by atoms with E-state index in [0.29, 0.717) is 10.5 Å². The van der Waals surface area contributed by atoms with E-state index >= 15 is 0 Å². The summed E-state index contributed by atoms with van der Waals surface area (Å²) in [5.74, 6) is -2.92. The number of aliphatic hydroxyl groups excluding tert-OH is 1. The molecular formula is C20H17F3N2O5. The molecule has 0 saturated heterocycles. The number of hydrogen-bond acceptors (Lipinski definition) is 5. The van der Waals surface area contributed by atoms with Crippen LogP contribution in [0, 0.1) is 0 Å². The van der Waals surface area contributed by atoms with E-state index in [1.54, 1.807) is 0 Å². The van der Waals surface area contributed by atoms with Gasteiger partial charge in [0.15, 0.2) is 6.61 Å². The fourth-order valence-corrected chi connectivity index (χ4v) is 3.02. The summed E-state index contributed by atoms with van der Waals surface area (Å²) in [6, 6.07) is 8.84. The number of rotatable bonds is 4. The molecule has 1 aliphatic heterocycles. The van der Waals surface area contributed by atoms with Gasteiger partial charge in [-0.15, -0.1) is 0 Å². The quantitative estimate of drug-likeness (QED) is 0.739. The van der Waals surface area contributed by atoms with Crippen molar-refractivity contribution in [2.45, 2.75) is 25.2 Å². The summed E-state index contributed by atoms with van der Waals surface area (Å²) in [5, 5.41) is 11.4. The molecule has 7 nitrogen and oxygen atoms in total. The number of benzene rings is 2. The van der Waals surface area contributed by atoms with Crippen LogP contribution >= 0.6 is 0 Å². The molecule has 158 valence electrons. The molecule has 2 N–H and O–H groups in total. The molecule has 2 aromatic carbocycles. The van der Waals surface area contributed by atoms with Crippen molar-refractivity contribution in [1.82, 2.24) is 0 Å². The predicted molar refractivity (Wildman–Crippen MR) is 99.7 cm³/mol. The summed E-state index contributed by atoms with van der Waals surface area (Å²) in [6.07, 6.45) is -5.87. The summed E-state index contributed by atoms with van der Waals surface area (Å²) in [7, 11) is 0. The van der Waals surface area contributed by atoms with Crippen LogP contribution in [-0.2, 0) is 20.9 Å². The lowest BCUT2D eigenvalue weighted by atomic mass is 10.1. The van der Waals surface area contributed by atoms with E-state index in [2.05, 4.69) is 5.32 Å². The SMILES string of the molecule is O=C1CC(C(F)(F)F)N(C(=O)COC(=O)c2ccc(CO)cc2)c2ccccc2N1. The van der Waals surface area contributed by atoms with Gasteiger partial charge in [-0.1, -0.05) is 24.3 Å². The van der Waals surface area contributed by atoms with Gasteiger partial charge in [0.1, 0.15) is 6.04 Å². The molecule has 1 atom stereocenters. The van der Waals surface area contributed by atoms with Gasteiger partial charge < -0.3 is 15.2 Å². The second-order valence-corrected chi connectivity index (χ2v) is 6.52. The van der Waals surface area contributed by atoms with E-state index in [1.807, 2.05) is 0 Å². The van der Waals surface area contributed by atoms with Gasteiger partial charge >= 0.3 is 12.1 Å². The molecule has 0 fully saturated rings. The maximum atomic E-state index is 13.6. The van der Waals surface area contributed by atoms with Crippen molar-refractivity contribution in [2.75, 3.05) is 16.8 Å². The van der Waals surface area contributed by atoms with E-state index in [1.165, 1.54) is 48.5 Å². The van der Waals surface area contributed by atoms with Crippen LogP contribution in [0.15, 0.2) is 48.5 Å². The number of nitrogens with zero attached hydrogens (tertiary/aromatic N) is 1. The Morgan fingerprint density at radius 2 is 1.80 bits per heavy atom. The second-order valence-electron chi connectivity index (χ2n) is 6.52. The predicted octanol–water partition coefficient (Wildman–Crippen LogP) is 2.64. The lowest BCUT2D eigenvalue weighted by molar-refractivity contribution is -0.158. The minimum atomic E-state index is -4.88. The van der Waals surface area contributed by atoms with Gasteiger partial charge in [-0.3, -0.25) is 14.5 Å². The summed E-state index contributed by atoms with van der Waals surface area (Å²) in [6.45, 7) is -1.18. The minimum Gasteiger partial charge on any atom is -0.452 e. The summed E-state index contributed by atoms with van der Waals surface area (Å²) >= 11 is 0. The van der Waals surface area contributed by atoms with Crippen LogP contribution in [0.1, 0.15) is 22.3 Å². The first-order valence-electron chi connectivity index (χ1n) is 8.85. The van der Waals surface area contributed by atoms with Crippen molar-refractivity contribution >= 4 is 29.2 Å². The van der Waals surface area contributed by atoms with Crippen LogP contribution < -0.4 is 10.2 Å². The summed E-state index contributed by atoms with van der Waals surface area (Å²) in [5.41, 5.74) is 0.530. The number of nitrogens with one attached hydrogen (secondary N) is 1. The van der Waals surface area contributed by atoms with Crippen LogP contribution in [0.2, 0.25) is 0 Å². The van der Waals surface area contributed by atoms with Crippen molar-refractivity contribution < 1.29 is 37.4 Å². The number of halogens is 3. The van der Waals surface area contributed by atoms with Crippen molar-refractivity contribution in [3.63, 3.8) is 0 Å². The number of carbonyl (C=O) groups excluding carboxylic acids is 3. The van der Waals surface area contributed by atoms with Crippen molar-refractivity contribution in [1.29, 1.82) is 0 Å². The number of hydrogen-bond donors (Lipinski definition) is 2. The Morgan fingerprint density at radius 1 is 1.13 bits per heavy atom. The lowest BCUT2D eigenvalue weighted by Gasteiger charge is -2.31. The molecular weight excluding hydrogens is 405 g/mol. The van der Waals surface area contributed by atoms with Crippen LogP contribution in [0.3, 0.4) is 0 Å². The zero-order valence-electron chi connectivity index (χ0n) is 15.5. The monoisotopic (exact) mass is 422 g/mol. The maximum Gasteiger partial charge on any atom is 0.409 e. The van der Waals surface area contributed by atoms with Gasteiger partial charge in [-0.05, 0) is 29.8 Å². The van der Waals surface area contributed by atoms with Gasteiger partial charge in [0.2, 0.25) is 5.91 Å². The van der Waals surface area contributed by atoms with Gasteiger partial charge in [-0.25, -0.2) is 4.79 Å². The van der Waals surface area contributed by atoms with Gasteiger partial charge in [0, 0.05) is 0 Å². The highest BCUT2D eigenvalue weighted by atomic mass is 19.4. The number of carbonyl (C=O) groups is 3. The topological polar surface area (TPSA) is 95.9 Å². The highest BCUT2D eigenvalue weighted by Crippen LogP contribution is 2.37. The van der Waals surface area contributed by atoms with Crippen molar-refractivity contribution in [3.8, 4) is 0 Å². The Balaban J connectivity index is 1.83. The van der Waals surface area contributed by atoms with Gasteiger partial charge in [0.25, 0.3) is 5.91 Å². The average molecular weight is 422 g/mol. The molecule has 1 heterocycles. The van der Waals surface area contributed by atoms with E-state index in [-0.39, 0.29) is 23.5 Å². The first-order valence-corrected chi connectivity index (χ1v) is 8.85. The number of fused-ring (bicyclic) bond motifs is 1. The number of amides is 2. The highest BCUT2D eigenvalue weighted by Gasteiger charge is 2.49. The minimum absolute atomic E-state index is 0.0496. The summed E-state index contributed by atoms with van der Waals surface area (Å²) < 4.78 is 45.8. The summed E-state index contributed by atoms with van der Waals surface area (Å²) in [4.78, 5) is 37.2. The zero-order chi connectivity index (χ0) is 21.9. The van der Waals surface area contributed by atoms with E-state index < -0.39 is 43.0 Å². The molecule has 0 aromatic heterocycles. The molecule has 3 rings (SSSR count). The highest BCUT2D eigenvalue weighted by molar-refractivity contribution is 6.05. The Bertz CT molecular complexity index is 960. The normalized spacial score (nSPS) is 16.3. The Hall–Kier alpha value is -3.40. The number of anilines is 2. The zero-order valence-corrected chi connectivity index (χ0v) is 15.5. The van der Waals surface area contributed by atoms with Crippen molar-refractivity contribution in [3.05, 3.63) is 59.7 Å². The molecule has 2 amide bonds. The van der Waals surface area contributed by atoms with Crippen LogP contribution in [0.4, 0.5) is 24.5 Å². The van der Waals surface area contributed by atoms with E-state index in [0.717, 1.165) is 0 Å². The van der Waals surface area contributed by atoms with E-state index in [9.17, 15) is 27.6 Å². The third kappa shape index (κ3) is 4.60. The molecule has 10 heteroatoms. The average Bonchev–Trinajstić information content (AvgIpc) is 2.87. The number of para-hydroxylation sites is 2. The first-order chi connectivity index (χ1) is 14.2. The molecule has 0 spiro atoms. The standard InChI is InChI=1S/C20H17F3N2O5/c21-20(22,23)16-9-17(27)24-14-3-1-2-4-15(14)25(16)18(28)11-30-19(29)13-7-5-12(10-26)6-8-13/h1-8,16,26H,9-11H2,(H,24,27). The fraction of sp³-hybridized carbons (Fsp3) is 0.250. The van der Waals surface area contributed by atoms with E-state index in [4.69, 9.17) is 9.84 Å². The Labute approximate surface area is 169 Å². The lowest BCUT2D eigenvalue weighted by Crippen LogP contribution is -2.51. The molecule has 1 unspecified atom stereocenters. The smallest absolute Gasteiger partial charge is 0.409 e. The van der Waals surface area contributed by atoms with Crippen LogP contribution in [0.25, 0.3) is 0 Å². The van der Waals surface area contributed by atoms with Gasteiger partial charge in [-0.2, -0.15) is 13.2 Å². The molecule has 0 radical (unpaired) electrons. The Morgan fingerprint density at radius 3 is 2.43 bits per heavy atom. The molecule has 0 aliphatic carbocycles. The first kappa shape index (κ1) is 21.3. The second kappa shape index (κ2) is 8.54. The number of esters is 1. The molecule has 30 heavy (non-hydrogen) atoms. The maximum absolute atomic E-state index is 13.6. The number of ether oxygens (including phenoxy) is 1. The van der Waals surface area contributed by atoms with Crippen LogP contribution in [0.5, 0.6) is 0 Å². The largest absolute Gasteiger partial charge is 0.452 e.